The number of nitrogens with one attached hydrogen (secondary N) is 1. The van der Waals surface area contributed by atoms with Crippen molar-refractivity contribution in [2.45, 2.75) is 94.8 Å². The van der Waals surface area contributed by atoms with Crippen LogP contribution in [0.4, 0.5) is 10.6 Å². The molecular formula is C28H37N5O2. The van der Waals surface area contributed by atoms with Gasteiger partial charge in [-0.2, -0.15) is 0 Å². The number of amides is 2. The van der Waals surface area contributed by atoms with Crippen LogP contribution in [-0.2, 0) is 0 Å². The second-order valence-electron chi connectivity index (χ2n) is 11.8. The number of carbonyl (C=O) groups excluding carboxylic acids is 1. The van der Waals surface area contributed by atoms with Gasteiger partial charge < -0.3 is 9.88 Å². The highest BCUT2D eigenvalue weighted by Crippen LogP contribution is 2.47. The third-order valence-electron chi connectivity index (χ3n) is 9.79. The van der Waals surface area contributed by atoms with E-state index in [9.17, 15) is 9.59 Å². The van der Waals surface area contributed by atoms with Crippen LogP contribution in [0, 0.1) is 11.8 Å². The Labute approximate surface area is 206 Å². The SMILES string of the molecule is O=C1NCCN1c1nc2ccccc2n(C2C[C@@H]3CCC[C@@H](C2)N3C2C[C@H]3CCC[C@H](C2)C3)c1=O. The molecule has 4 bridgehead atoms. The number of benzene rings is 1. The van der Waals surface area contributed by atoms with Gasteiger partial charge in [-0.15, -0.1) is 0 Å². The van der Waals surface area contributed by atoms with Crippen molar-refractivity contribution >= 4 is 22.9 Å². The molecule has 2 aliphatic carbocycles. The molecule has 2 amide bonds. The summed E-state index contributed by atoms with van der Waals surface area (Å²) in [4.78, 5) is 35.5. The van der Waals surface area contributed by atoms with Gasteiger partial charge in [0.2, 0.25) is 5.82 Å². The van der Waals surface area contributed by atoms with Crippen molar-refractivity contribution in [2.75, 3.05) is 18.0 Å². The van der Waals surface area contributed by atoms with Crippen molar-refractivity contribution in [3.8, 4) is 0 Å². The van der Waals surface area contributed by atoms with Crippen molar-refractivity contribution in [1.29, 1.82) is 0 Å². The van der Waals surface area contributed by atoms with E-state index in [1.54, 1.807) is 0 Å². The number of urea groups is 1. The van der Waals surface area contributed by atoms with Gasteiger partial charge in [0.25, 0.3) is 5.56 Å². The Bertz CT molecular complexity index is 1170. The molecule has 35 heavy (non-hydrogen) atoms. The summed E-state index contributed by atoms with van der Waals surface area (Å²) in [5.41, 5.74) is 1.60. The molecule has 7 rings (SSSR count). The highest BCUT2D eigenvalue weighted by atomic mass is 16.2. The van der Waals surface area contributed by atoms with Crippen LogP contribution in [0.25, 0.3) is 11.0 Å². The Morgan fingerprint density at radius 2 is 1.51 bits per heavy atom. The number of fused-ring (bicyclic) bond motifs is 5. The number of carbonyl (C=O) groups is 1. The quantitative estimate of drug-likeness (QED) is 0.712. The molecule has 1 aromatic heterocycles. The monoisotopic (exact) mass is 475 g/mol. The summed E-state index contributed by atoms with van der Waals surface area (Å²) < 4.78 is 2.02. The Morgan fingerprint density at radius 3 is 2.23 bits per heavy atom. The maximum absolute atomic E-state index is 13.9. The maximum atomic E-state index is 13.9. The zero-order valence-electron chi connectivity index (χ0n) is 20.6. The van der Waals surface area contributed by atoms with Crippen LogP contribution in [0.15, 0.2) is 29.1 Å². The largest absolute Gasteiger partial charge is 0.336 e. The molecule has 3 saturated heterocycles. The van der Waals surface area contributed by atoms with Crippen LogP contribution in [0.1, 0.15) is 76.7 Å². The van der Waals surface area contributed by atoms with E-state index in [4.69, 9.17) is 0 Å². The fourth-order valence-electron chi connectivity index (χ4n) is 8.49. The molecule has 7 heteroatoms. The van der Waals surface area contributed by atoms with Crippen molar-refractivity contribution in [1.82, 2.24) is 19.8 Å². The van der Waals surface area contributed by atoms with Crippen molar-refractivity contribution in [2.24, 2.45) is 11.8 Å². The van der Waals surface area contributed by atoms with Gasteiger partial charge in [0, 0.05) is 37.3 Å². The smallest absolute Gasteiger partial charge is 0.323 e. The van der Waals surface area contributed by atoms with E-state index >= 15 is 0 Å². The molecule has 7 nitrogen and oxygen atoms in total. The van der Waals surface area contributed by atoms with E-state index in [0.717, 1.165) is 41.8 Å². The van der Waals surface area contributed by atoms with E-state index < -0.39 is 0 Å². The van der Waals surface area contributed by atoms with Gasteiger partial charge in [-0.3, -0.25) is 14.6 Å². The summed E-state index contributed by atoms with van der Waals surface area (Å²) in [7, 11) is 0. The molecule has 2 saturated carbocycles. The first-order valence-corrected chi connectivity index (χ1v) is 14.0. The lowest BCUT2D eigenvalue weighted by atomic mass is 9.68. The normalized spacial score (nSPS) is 35.3. The Kier molecular flexibility index (Phi) is 5.37. The highest BCUT2D eigenvalue weighted by molar-refractivity contribution is 5.93. The van der Waals surface area contributed by atoms with Crippen LogP contribution in [0.2, 0.25) is 0 Å². The number of anilines is 1. The number of aromatic nitrogens is 2. The van der Waals surface area contributed by atoms with Crippen molar-refractivity contribution < 1.29 is 4.79 Å². The van der Waals surface area contributed by atoms with E-state index in [0.29, 0.717) is 25.2 Å². The fourth-order valence-corrected chi connectivity index (χ4v) is 8.49. The van der Waals surface area contributed by atoms with Gasteiger partial charge in [-0.1, -0.05) is 37.8 Å². The Morgan fingerprint density at radius 1 is 0.800 bits per heavy atom. The minimum absolute atomic E-state index is 0.107. The fraction of sp³-hybridized carbons (Fsp3) is 0.679. The first kappa shape index (κ1) is 21.8. The lowest BCUT2D eigenvalue weighted by Gasteiger charge is -2.55. The standard InChI is InChI=1S/C28H37N5O2/c34-27-26(31-12-11-29-28(31)35)30-24-9-1-2-10-25(24)33(27)23-16-20-7-4-8-21(17-23)32(20)22-14-18-5-3-6-19(13-18)15-22/h1-2,9-10,18-23H,3-8,11-17H2,(H,29,35)/t18-,19-,20-,21-/m0/s1. The number of hydrogen-bond donors (Lipinski definition) is 1. The average molecular weight is 476 g/mol. The average Bonchev–Trinajstić information content (AvgIpc) is 3.28. The molecule has 5 fully saturated rings. The topological polar surface area (TPSA) is 70.5 Å². The van der Waals surface area contributed by atoms with Gasteiger partial charge in [-0.25, -0.2) is 9.78 Å². The number of rotatable bonds is 3. The second-order valence-corrected chi connectivity index (χ2v) is 11.8. The van der Waals surface area contributed by atoms with Crippen molar-refractivity contribution in [3.63, 3.8) is 0 Å². The molecule has 1 N–H and O–H groups in total. The minimum Gasteiger partial charge on any atom is -0.336 e. The Balaban J connectivity index is 1.24. The van der Waals surface area contributed by atoms with E-state index in [1.165, 1.54) is 62.7 Å². The van der Waals surface area contributed by atoms with Gasteiger partial charge >= 0.3 is 6.03 Å². The van der Waals surface area contributed by atoms with E-state index in [1.807, 2.05) is 28.8 Å². The molecule has 0 radical (unpaired) electrons. The highest BCUT2D eigenvalue weighted by Gasteiger charge is 2.45. The van der Waals surface area contributed by atoms with Crippen LogP contribution < -0.4 is 15.8 Å². The molecule has 5 aliphatic rings. The molecule has 0 unspecified atom stereocenters. The predicted octanol–water partition coefficient (Wildman–Crippen LogP) is 4.45. The van der Waals surface area contributed by atoms with E-state index in [-0.39, 0.29) is 23.5 Å². The lowest BCUT2D eigenvalue weighted by Crippen LogP contribution is -2.58. The minimum atomic E-state index is -0.217. The van der Waals surface area contributed by atoms with Crippen LogP contribution in [0.5, 0.6) is 0 Å². The van der Waals surface area contributed by atoms with Gasteiger partial charge in [0.15, 0.2) is 0 Å². The van der Waals surface area contributed by atoms with Crippen LogP contribution >= 0.6 is 0 Å². The summed E-state index contributed by atoms with van der Waals surface area (Å²) in [6.45, 7) is 1.05. The second kappa shape index (κ2) is 8.61. The molecule has 186 valence electrons. The lowest BCUT2D eigenvalue weighted by molar-refractivity contribution is -0.0485. The molecule has 1 aromatic carbocycles. The van der Waals surface area contributed by atoms with Gasteiger partial charge in [0.05, 0.1) is 11.0 Å². The third-order valence-corrected chi connectivity index (χ3v) is 9.79. The maximum Gasteiger partial charge on any atom is 0.323 e. The van der Waals surface area contributed by atoms with Crippen molar-refractivity contribution in [3.05, 3.63) is 34.6 Å². The van der Waals surface area contributed by atoms with Crippen LogP contribution in [0.3, 0.4) is 0 Å². The number of para-hydroxylation sites is 2. The number of nitrogens with zero attached hydrogens (tertiary/aromatic N) is 4. The van der Waals surface area contributed by atoms with E-state index in [2.05, 4.69) is 15.2 Å². The molecular weight excluding hydrogens is 438 g/mol. The molecule has 4 atom stereocenters. The zero-order valence-corrected chi connectivity index (χ0v) is 20.6. The Hall–Kier alpha value is -2.41. The molecule has 0 spiro atoms. The van der Waals surface area contributed by atoms with Crippen LogP contribution in [-0.4, -0.2) is 51.7 Å². The summed E-state index contributed by atoms with van der Waals surface area (Å²) in [6, 6.07) is 9.78. The van der Waals surface area contributed by atoms with Gasteiger partial charge in [-0.05, 0) is 68.9 Å². The summed E-state index contributed by atoms with van der Waals surface area (Å²) in [5, 5.41) is 2.83. The zero-order chi connectivity index (χ0) is 23.5. The van der Waals surface area contributed by atoms with Gasteiger partial charge in [0.1, 0.15) is 0 Å². The predicted molar refractivity (Wildman–Crippen MR) is 137 cm³/mol. The molecule has 4 heterocycles. The first-order chi connectivity index (χ1) is 17.2. The number of piperidine rings is 2. The first-order valence-electron chi connectivity index (χ1n) is 14.0. The summed E-state index contributed by atoms with van der Waals surface area (Å²) >= 11 is 0. The summed E-state index contributed by atoms with van der Waals surface area (Å²) in [5.74, 6) is 2.16. The molecule has 3 aliphatic heterocycles. The molecule has 2 aromatic rings. The summed E-state index contributed by atoms with van der Waals surface area (Å²) in [6.07, 6.45) is 14.4. The number of hydrogen-bond acceptors (Lipinski definition) is 4. The third kappa shape index (κ3) is 3.69.